The van der Waals surface area contributed by atoms with E-state index in [0.717, 1.165) is 12.0 Å². The van der Waals surface area contributed by atoms with Crippen molar-refractivity contribution in [1.29, 1.82) is 0 Å². The molecule has 0 aromatic rings. The van der Waals surface area contributed by atoms with Crippen molar-refractivity contribution in [3.8, 4) is 0 Å². The van der Waals surface area contributed by atoms with Gasteiger partial charge in [0.1, 0.15) is 0 Å². The molecule has 0 bridgehead atoms. The van der Waals surface area contributed by atoms with Gasteiger partial charge in [0.25, 0.3) is 0 Å². The molecule has 2 aliphatic rings. The number of rotatable bonds is 4. The number of nitrogens with one attached hydrogen (secondary N) is 1. The zero-order chi connectivity index (χ0) is 10.7. The lowest BCUT2D eigenvalue weighted by atomic mass is 9.83. The molecule has 1 N–H and O–H groups in total. The molecule has 0 spiro atoms. The lowest BCUT2D eigenvalue weighted by Crippen LogP contribution is -2.52. The molecule has 2 unspecified atom stereocenters. The second kappa shape index (κ2) is 5.31. The third-order valence-corrected chi connectivity index (χ3v) is 4.41. The Hall–Kier alpha value is -0.0800. The quantitative estimate of drug-likeness (QED) is 0.765. The highest BCUT2D eigenvalue weighted by Gasteiger charge is 2.29. The van der Waals surface area contributed by atoms with Crippen molar-refractivity contribution >= 4 is 0 Å². The van der Waals surface area contributed by atoms with Crippen molar-refractivity contribution < 1.29 is 0 Å². The highest BCUT2D eigenvalue weighted by Crippen LogP contribution is 2.30. The summed E-state index contributed by atoms with van der Waals surface area (Å²) in [4.78, 5) is 2.76. The zero-order valence-electron chi connectivity index (χ0n) is 10.3. The zero-order valence-corrected chi connectivity index (χ0v) is 10.3. The average Bonchev–Trinajstić information content (AvgIpc) is 2.23. The molecule has 0 aromatic carbocycles. The number of piperidine rings is 1. The van der Waals surface area contributed by atoms with Crippen LogP contribution in [0.15, 0.2) is 0 Å². The number of nitrogens with zero attached hydrogens (tertiary/aromatic N) is 1. The maximum atomic E-state index is 3.43. The van der Waals surface area contributed by atoms with Gasteiger partial charge in [-0.05, 0) is 52.1 Å². The van der Waals surface area contributed by atoms with E-state index >= 15 is 0 Å². The predicted octanol–water partition coefficient (Wildman–Crippen LogP) is 2.25. The van der Waals surface area contributed by atoms with Gasteiger partial charge in [-0.1, -0.05) is 12.8 Å². The van der Waals surface area contributed by atoms with Crippen molar-refractivity contribution in [3.63, 3.8) is 0 Å². The van der Waals surface area contributed by atoms with Gasteiger partial charge in [-0.3, -0.25) is 4.90 Å². The molecule has 88 valence electrons. The van der Waals surface area contributed by atoms with E-state index in [1.807, 2.05) is 0 Å². The summed E-state index contributed by atoms with van der Waals surface area (Å²) >= 11 is 0. The molecule has 1 aliphatic carbocycles. The van der Waals surface area contributed by atoms with E-state index in [1.54, 1.807) is 0 Å². The molecule has 1 heterocycles. The highest BCUT2D eigenvalue weighted by molar-refractivity contribution is 4.86. The van der Waals surface area contributed by atoms with Crippen molar-refractivity contribution in [2.75, 3.05) is 20.1 Å². The van der Waals surface area contributed by atoms with E-state index in [1.165, 1.54) is 51.6 Å². The topological polar surface area (TPSA) is 15.3 Å². The molecular formula is C13H26N2. The molecule has 1 aliphatic heterocycles. The smallest absolute Gasteiger partial charge is 0.0246 e. The fraction of sp³-hybridized carbons (Fsp3) is 1.00. The van der Waals surface area contributed by atoms with Gasteiger partial charge < -0.3 is 5.32 Å². The largest absolute Gasteiger partial charge is 0.316 e. The van der Waals surface area contributed by atoms with Gasteiger partial charge in [-0.25, -0.2) is 0 Å². The molecule has 2 nitrogen and oxygen atoms in total. The molecular weight excluding hydrogens is 184 g/mol. The third-order valence-electron chi connectivity index (χ3n) is 4.41. The van der Waals surface area contributed by atoms with Crippen molar-refractivity contribution in [2.45, 2.75) is 57.5 Å². The standard InChI is InChI=1S/C13H26N2/c1-11(14-2)13-8-3-4-9-15(13)10-12-6-5-7-12/h11-14H,3-10H2,1-2H3. The Morgan fingerprint density at radius 2 is 2.00 bits per heavy atom. The van der Waals surface area contributed by atoms with E-state index in [4.69, 9.17) is 0 Å². The minimum Gasteiger partial charge on any atom is -0.316 e. The molecule has 0 amide bonds. The Balaban J connectivity index is 1.86. The van der Waals surface area contributed by atoms with E-state index in [2.05, 4.69) is 24.2 Å². The van der Waals surface area contributed by atoms with Gasteiger partial charge in [0.05, 0.1) is 0 Å². The van der Waals surface area contributed by atoms with E-state index in [9.17, 15) is 0 Å². The Kier molecular flexibility index (Phi) is 4.04. The Labute approximate surface area is 94.4 Å². The summed E-state index contributed by atoms with van der Waals surface area (Å²) in [6, 6.07) is 1.45. The monoisotopic (exact) mass is 210 g/mol. The number of likely N-dealkylation sites (tertiary alicyclic amines) is 1. The van der Waals surface area contributed by atoms with Crippen LogP contribution in [0.5, 0.6) is 0 Å². The number of hydrogen-bond donors (Lipinski definition) is 1. The molecule has 2 fully saturated rings. The normalized spacial score (nSPS) is 31.2. The first-order valence-electron chi connectivity index (χ1n) is 6.72. The second-order valence-electron chi connectivity index (χ2n) is 5.43. The second-order valence-corrected chi connectivity index (χ2v) is 5.43. The lowest BCUT2D eigenvalue weighted by Gasteiger charge is -2.42. The number of likely N-dealkylation sites (N-methyl/N-ethyl adjacent to an activating group) is 1. The minimum atomic E-state index is 0.658. The summed E-state index contributed by atoms with van der Waals surface area (Å²) in [5.74, 6) is 1.02. The fourth-order valence-corrected chi connectivity index (χ4v) is 3.01. The highest BCUT2D eigenvalue weighted by atomic mass is 15.2. The van der Waals surface area contributed by atoms with Crippen molar-refractivity contribution in [3.05, 3.63) is 0 Å². The summed E-state index contributed by atoms with van der Waals surface area (Å²) in [6.45, 7) is 5.05. The van der Waals surface area contributed by atoms with Gasteiger partial charge in [0.2, 0.25) is 0 Å². The maximum absolute atomic E-state index is 3.43. The van der Waals surface area contributed by atoms with Crippen LogP contribution in [0.3, 0.4) is 0 Å². The molecule has 1 saturated heterocycles. The maximum Gasteiger partial charge on any atom is 0.0246 e. The molecule has 15 heavy (non-hydrogen) atoms. The molecule has 2 atom stereocenters. The summed E-state index contributed by atoms with van der Waals surface area (Å²) in [7, 11) is 2.10. The SMILES string of the molecule is CNC(C)C1CCCCN1CC1CCC1. The van der Waals surface area contributed by atoms with Crippen LogP contribution in [0.25, 0.3) is 0 Å². The predicted molar refractivity (Wildman–Crippen MR) is 65.1 cm³/mol. The van der Waals surface area contributed by atoms with Crippen molar-refractivity contribution in [1.82, 2.24) is 10.2 Å². The third kappa shape index (κ3) is 2.73. The summed E-state index contributed by atoms with van der Waals surface area (Å²) in [5, 5.41) is 3.43. The van der Waals surface area contributed by atoms with Crippen molar-refractivity contribution in [2.24, 2.45) is 5.92 Å². The molecule has 1 saturated carbocycles. The summed E-state index contributed by atoms with van der Waals surface area (Å²) < 4.78 is 0. The number of hydrogen-bond acceptors (Lipinski definition) is 2. The Morgan fingerprint density at radius 1 is 1.20 bits per heavy atom. The minimum absolute atomic E-state index is 0.658. The van der Waals surface area contributed by atoms with Crippen LogP contribution in [0.2, 0.25) is 0 Å². The van der Waals surface area contributed by atoms with Crippen LogP contribution >= 0.6 is 0 Å². The van der Waals surface area contributed by atoms with Crippen LogP contribution in [0.4, 0.5) is 0 Å². The molecule has 0 aromatic heterocycles. The van der Waals surface area contributed by atoms with Crippen LogP contribution in [0, 0.1) is 5.92 Å². The van der Waals surface area contributed by atoms with Gasteiger partial charge in [0, 0.05) is 18.6 Å². The van der Waals surface area contributed by atoms with Crippen LogP contribution in [-0.4, -0.2) is 37.1 Å². The fourth-order valence-electron chi connectivity index (χ4n) is 3.01. The van der Waals surface area contributed by atoms with E-state index < -0.39 is 0 Å². The molecule has 0 radical (unpaired) electrons. The first kappa shape index (κ1) is 11.4. The van der Waals surface area contributed by atoms with E-state index in [-0.39, 0.29) is 0 Å². The first-order valence-corrected chi connectivity index (χ1v) is 6.72. The van der Waals surface area contributed by atoms with Gasteiger partial charge in [0.15, 0.2) is 0 Å². The first-order chi connectivity index (χ1) is 7.31. The van der Waals surface area contributed by atoms with Crippen LogP contribution in [0.1, 0.15) is 45.4 Å². The van der Waals surface area contributed by atoms with Crippen LogP contribution < -0.4 is 5.32 Å². The van der Waals surface area contributed by atoms with Gasteiger partial charge in [-0.15, -0.1) is 0 Å². The Bertz CT molecular complexity index is 189. The lowest BCUT2D eigenvalue weighted by molar-refractivity contribution is 0.0827. The van der Waals surface area contributed by atoms with E-state index in [0.29, 0.717) is 6.04 Å². The summed E-state index contributed by atoms with van der Waals surface area (Å²) in [5.41, 5.74) is 0. The average molecular weight is 210 g/mol. The molecule has 2 heteroatoms. The summed E-state index contributed by atoms with van der Waals surface area (Å²) in [6.07, 6.45) is 8.69. The Morgan fingerprint density at radius 3 is 2.60 bits per heavy atom. The van der Waals surface area contributed by atoms with Gasteiger partial charge in [-0.2, -0.15) is 0 Å². The van der Waals surface area contributed by atoms with Crippen LogP contribution in [-0.2, 0) is 0 Å². The molecule has 2 rings (SSSR count). The van der Waals surface area contributed by atoms with Gasteiger partial charge >= 0.3 is 0 Å².